The molecule has 5 rings (SSSR count). The highest BCUT2D eigenvalue weighted by atomic mass is 32.2. The van der Waals surface area contributed by atoms with E-state index in [1.807, 2.05) is 30.3 Å². The molecule has 0 atom stereocenters. The van der Waals surface area contributed by atoms with Gasteiger partial charge in [-0.15, -0.1) is 5.10 Å². The number of hydrogen-bond acceptors (Lipinski definition) is 7. The molecule has 3 aliphatic rings. The molecule has 3 aliphatic heterocycles. The third-order valence-electron chi connectivity index (χ3n) is 5.76. The largest absolute Gasteiger partial charge is 0.338 e. The van der Waals surface area contributed by atoms with Crippen LogP contribution in [0.5, 0.6) is 0 Å². The van der Waals surface area contributed by atoms with Gasteiger partial charge < -0.3 is 9.09 Å². The van der Waals surface area contributed by atoms with Crippen molar-refractivity contribution in [2.45, 2.75) is 69.3 Å². The maximum absolute atomic E-state index is 13.3. The molecule has 8 nitrogen and oxygen atoms in total. The molecule has 1 aromatic heterocycles. The van der Waals surface area contributed by atoms with E-state index in [9.17, 15) is 4.79 Å². The van der Waals surface area contributed by atoms with Gasteiger partial charge in [-0.1, -0.05) is 54.9 Å². The Morgan fingerprint density at radius 3 is 2.84 bits per heavy atom. The summed E-state index contributed by atoms with van der Waals surface area (Å²) in [6, 6.07) is 9.52. The Balaban J connectivity index is 1.51. The monoisotopic (exact) mass is 450 g/mol. The molecule has 166 valence electrons. The first-order valence-corrected chi connectivity index (χ1v) is 12.2. The minimum atomic E-state index is -0.0987. The number of aryl methyl sites for hydroxylation is 1. The minimum absolute atomic E-state index is 0.0987. The lowest BCUT2D eigenvalue weighted by atomic mass is 10.1. The Morgan fingerprint density at radius 1 is 1.12 bits per heavy atom. The van der Waals surface area contributed by atoms with Crippen LogP contribution in [0.2, 0.25) is 0 Å². The summed E-state index contributed by atoms with van der Waals surface area (Å²) in [6.07, 6.45) is 7.10. The second kappa shape index (κ2) is 9.28. The number of para-hydroxylation sites is 1. The fourth-order valence-electron chi connectivity index (χ4n) is 4.12. The molecule has 0 amide bonds. The van der Waals surface area contributed by atoms with E-state index < -0.39 is 0 Å². The van der Waals surface area contributed by atoms with Crippen molar-refractivity contribution in [2.24, 2.45) is 0 Å². The Kier molecular flexibility index (Phi) is 6.07. The van der Waals surface area contributed by atoms with Crippen molar-refractivity contribution < 1.29 is 4.52 Å². The summed E-state index contributed by atoms with van der Waals surface area (Å²) in [5.74, 6) is 2.41. The van der Waals surface area contributed by atoms with Crippen molar-refractivity contribution in [1.82, 2.24) is 29.5 Å². The molecule has 0 unspecified atom stereocenters. The van der Waals surface area contributed by atoms with E-state index in [1.54, 1.807) is 11.8 Å². The number of nitrogens with zero attached hydrogens (tertiary/aromatic N) is 6. The quantitative estimate of drug-likeness (QED) is 0.306. The van der Waals surface area contributed by atoms with E-state index in [0.717, 1.165) is 73.9 Å². The van der Waals surface area contributed by atoms with Crippen LogP contribution in [0.4, 0.5) is 0 Å². The van der Waals surface area contributed by atoms with Crippen LogP contribution in [-0.2, 0) is 25.1 Å². The molecule has 0 saturated heterocycles. The summed E-state index contributed by atoms with van der Waals surface area (Å²) in [6.45, 7) is 3.00. The van der Waals surface area contributed by atoms with Crippen LogP contribution in [-0.4, -0.2) is 29.5 Å². The number of benzene rings is 1. The van der Waals surface area contributed by atoms with E-state index in [4.69, 9.17) is 9.51 Å². The van der Waals surface area contributed by atoms with Crippen LogP contribution in [0.25, 0.3) is 17.1 Å². The van der Waals surface area contributed by atoms with Crippen LogP contribution in [0.1, 0.15) is 56.4 Å². The SMILES string of the molecule is CCCCc1noc(CSc2nc3nn(-c4ccccc4)c(=O)c-3c3n2CCCCC3)n1. The second-order valence-corrected chi connectivity index (χ2v) is 8.99. The molecule has 4 heterocycles. The van der Waals surface area contributed by atoms with Gasteiger partial charge in [-0.3, -0.25) is 4.79 Å². The highest BCUT2D eigenvalue weighted by molar-refractivity contribution is 7.98. The first kappa shape index (κ1) is 20.9. The molecule has 0 N–H and O–H groups in total. The van der Waals surface area contributed by atoms with Gasteiger partial charge >= 0.3 is 0 Å². The molecule has 1 aromatic carbocycles. The number of thioether (sulfide) groups is 1. The highest BCUT2D eigenvalue weighted by Gasteiger charge is 2.27. The first-order valence-electron chi connectivity index (χ1n) is 11.3. The fraction of sp³-hybridized carbons (Fsp3) is 0.435. The fourth-order valence-corrected chi connectivity index (χ4v) is 5.00. The van der Waals surface area contributed by atoms with E-state index in [1.165, 1.54) is 4.68 Å². The van der Waals surface area contributed by atoms with Gasteiger partial charge in [0.2, 0.25) is 5.89 Å². The molecule has 2 aromatic rings. The Hall–Kier alpha value is -2.94. The molecule has 0 spiro atoms. The van der Waals surface area contributed by atoms with Crippen molar-refractivity contribution in [3.63, 3.8) is 0 Å². The van der Waals surface area contributed by atoms with Crippen LogP contribution in [0.3, 0.4) is 0 Å². The van der Waals surface area contributed by atoms with Gasteiger partial charge in [0.1, 0.15) is 5.56 Å². The van der Waals surface area contributed by atoms with Gasteiger partial charge in [-0.2, -0.15) is 9.67 Å². The number of rotatable bonds is 7. The minimum Gasteiger partial charge on any atom is -0.338 e. The number of fused-ring (bicyclic) bond motifs is 3. The lowest BCUT2D eigenvalue weighted by Gasteiger charge is -2.17. The Bertz CT molecular complexity index is 1230. The number of aromatic nitrogens is 6. The summed E-state index contributed by atoms with van der Waals surface area (Å²) in [7, 11) is 0. The average molecular weight is 451 g/mol. The molecule has 0 radical (unpaired) electrons. The highest BCUT2D eigenvalue weighted by Crippen LogP contribution is 2.31. The molecule has 0 saturated carbocycles. The number of hydrogen-bond donors (Lipinski definition) is 0. The molecule has 0 aliphatic carbocycles. The third-order valence-corrected chi connectivity index (χ3v) is 6.72. The van der Waals surface area contributed by atoms with E-state index >= 15 is 0 Å². The van der Waals surface area contributed by atoms with Crippen LogP contribution in [0, 0.1) is 0 Å². The zero-order valence-corrected chi connectivity index (χ0v) is 19.0. The Morgan fingerprint density at radius 2 is 2.00 bits per heavy atom. The maximum atomic E-state index is 13.3. The van der Waals surface area contributed by atoms with Crippen molar-refractivity contribution >= 4 is 11.8 Å². The van der Waals surface area contributed by atoms with Gasteiger partial charge in [0, 0.05) is 18.7 Å². The molecule has 9 heteroatoms. The molecule has 0 fully saturated rings. The van der Waals surface area contributed by atoms with E-state index in [2.05, 4.69) is 26.7 Å². The molecular formula is C23H26N6O2S. The van der Waals surface area contributed by atoms with Crippen LogP contribution >= 0.6 is 11.8 Å². The van der Waals surface area contributed by atoms with Crippen molar-refractivity contribution in [1.29, 1.82) is 0 Å². The summed E-state index contributed by atoms with van der Waals surface area (Å²) in [5, 5.41) is 9.52. The van der Waals surface area contributed by atoms with Gasteiger partial charge in [-0.05, 0) is 37.8 Å². The summed E-state index contributed by atoms with van der Waals surface area (Å²) < 4.78 is 9.10. The lowest BCUT2D eigenvalue weighted by Crippen LogP contribution is -2.19. The zero-order valence-electron chi connectivity index (χ0n) is 18.2. The first-order chi connectivity index (χ1) is 15.7. The lowest BCUT2D eigenvalue weighted by molar-refractivity contribution is 0.384. The van der Waals surface area contributed by atoms with Crippen molar-refractivity contribution in [3.8, 4) is 17.1 Å². The smallest absolute Gasteiger partial charge is 0.284 e. The Labute approximate surface area is 190 Å². The summed E-state index contributed by atoms with van der Waals surface area (Å²) >= 11 is 1.56. The maximum Gasteiger partial charge on any atom is 0.284 e. The van der Waals surface area contributed by atoms with E-state index in [-0.39, 0.29) is 5.56 Å². The topological polar surface area (TPSA) is 91.6 Å². The van der Waals surface area contributed by atoms with Crippen molar-refractivity contribution in [2.75, 3.05) is 0 Å². The summed E-state index contributed by atoms with van der Waals surface area (Å²) in [5.41, 5.74) is 2.33. The standard InChI is InChI=1S/C23H26N6O2S/c1-2-3-13-18-24-19(31-27-18)15-32-23-25-21-20(17-12-8-5-9-14-28(17)23)22(30)29(26-21)16-10-6-4-7-11-16/h4,6-7,10-11H,2-3,5,8-9,12-15H2,1H3. The predicted molar refractivity (Wildman–Crippen MR) is 122 cm³/mol. The normalized spacial score (nSPS) is 13.9. The van der Waals surface area contributed by atoms with Gasteiger partial charge in [0.25, 0.3) is 5.56 Å². The molecule has 32 heavy (non-hydrogen) atoms. The average Bonchev–Trinajstić information content (AvgIpc) is 3.32. The van der Waals surface area contributed by atoms with Crippen molar-refractivity contribution in [3.05, 3.63) is 58.1 Å². The van der Waals surface area contributed by atoms with Crippen LogP contribution in [0.15, 0.2) is 44.8 Å². The van der Waals surface area contributed by atoms with Gasteiger partial charge in [0.15, 0.2) is 16.8 Å². The van der Waals surface area contributed by atoms with Gasteiger partial charge in [-0.25, -0.2) is 4.98 Å². The third kappa shape index (κ3) is 4.09. The molecular weight excluding hydrogens is 424 g/mol. The number of unbranched alkanes of at least 4 members (excludes halogenated alkanes) is 1. The van der Waals surface area contributed by atoms with E-state index in [0.29, 0.717) is 23.0 Å². The van der Waals surface area contributed by atoms with Crippen LogP contribution < -0.4 is 5.56 Å². The second-order valence-electron chi connectivity index (χ2n) is 8.05. The van der Waals surface area contributed by atoms with Gasteiger partial charge in [0.05, 0.1) is 11.4 Å². The zero-order chi connectivity index (χ0) is 21.9. The predicted octanol–water partition coefficient (Wildman–Crippen LogP) is 4.28. The summed E-state index contributed by atoms with van der Waals surface area (Å²) in [4.78, 5) is 22.6. The molecule has 0 bridgehead atoms.